The molecule has 0 N–H and O–H groups in total. The van der Waals surface area contributed by atoms with Gasteiger partial charge < -0.3 is 0 Å². The highest BCUT2D eigenvalue weighted by molar-refractivity contribution is 5.96. The van der Waals surface area contributed by atoms with E-state index in [9.17, 15) is 4.79 Å². The molecule has 9 heavy (non-hydrogen) atoms. The van der Waals surface area contributed by atoms with Crippen LogP contribution in [0.5, 0.6) is 0 Å². The molecule has 0 amide bonds. The van der Waals surface area contributed by atoms with Crippen LogP contribution in [0.3, 0.4) is 0 Å². The minimum Gasteiger partial charge on any atom is -0.285 e. The van der Waals surface area contributed by atoms with E-state index in [0.717, 1.165) is 6.42 Å². The van der Waals surface area contributed by atoms with Gasteiger partial charge in [-0.2, -0.15) is 0 Å². The van der Waals surface area contributed by atoms with Crippen molar-refractivity contribution < 1.29 is 4.79 Å². The summed E-state index contributed by atoms with van der Waals surface area (Å²) in [6.45, 7) is 5.64. The first-order valence-corrected chi connectivity index (χ1v) is 3.21. The highest BCUT2D eigenvalue weighted by atomic mass is 16.1. The van der Waals surface area contributed by atoms with Crippen LogP contribution in [0.15, 0.2) is 0 Å². The molecule has 0 heterocycles. The van der Waals surface area contributed by atoms with Gasteiger partial charge in [0.15, 0.2) is 0 Å². The molecule has 0 aliphatic carbocycles. The van der Waals surface area contributed by atoms with Crippen LogP contribution in [-0.4, -0.2) is 5.78 Å². The molecule has 0 fully saturated rings. The van der Waals surface area contributed by atoms with Crippen LogP contribution in [0, 0.1) is 17.8 Å². The minimum atomic E-state index is 0.0388. The Bertz CT molecular complexity index is 146. The summed E-state index contributed by atoms with van der Waals surface area (Å²) in [7, 11) is 0. The van der Waals surface area contributed by atoms with Gasteiger partial charge in [-0.05, 0) is 5.92 Å². The zero-order valence-corrected chi connectivity index (χ0v) is 6.19. The Balaban J connectivity index is 3.77. The van der Waals surface area contributed by atoms with Crippen molar-refractivity contribution in [3.63, 3.8) is 0 Å². The summed E-state index contributed by atoms with van der Waals surface area (Å²) in [6, 6.07) is 0. The maximum atomic E-state index is 10.7. The lowest BCUT2D eigenvalue weighted by atomic mass is 10.1. The second kappa shape index (κ2) is 4.14. The first kappa shape index (κ1) is 8.23. The van der Waals surface area contributed by atoms with Crippen LogP contribution in [0.2, 0.25) is 0 Å². The van der Waals surface area contributed by atoms with Crippen molar-refractivity contribution in [3.05, 3.63) is 0 Å². The van der Waals surface area contributed by atoms with Crippen LogP contribution in [0.1, 0.15) is 27.2 Å². The Morgan fingerprint density at radius 2 is 2.11 bits per heavy atom. The smallest absolute Gasteiger partial charge is 0.207 e. The molecule has 50 valence electrons. The predicted molar refractivity (Wildman–Crippen MR) is 37.9 cm³/mol. The molecular formula is C8H12O. The van der Waals surface area contributed by atoms with E-state index in [-0.39, 0.29) is 11.7 Å². The molecule has 0 aliphatic rings. The van der Waals surface area contributed by atoms with Gasteiger partial charge in [-0.1, -0.05) is 26.7 Å². The fraction of sp³-hybridized carbons (Fsp3) is 0.625. The summed E-state index contributed by atoms with van der Waals surface area (Å²) in [6.07, 6.45) is 0.762. The van der Waals surface area contributed by atoms with Crippen molar-refractivity contribution in [3.8, 4) is 11.8 Å². The fourth-order valence-electron chi connectivity index (χ4n) is 0.320. The summed E-state index contributed by atoms with van der Waals surface area (Å²) >= 11 is 0. The molecule has 0 aromatic carbocycles. The molecule has 0 spiro atoms. The Labute approximate surface area is 56.5 Å². The maximum Gasteiger partial charge on any atom is 0.207 e. The molecule has 0 radical (unpaired) electrons. The summed E-state index contributed by atoms with van der Waals surface area (Å²) in [5, 5.41) is 0. The topological polar surface area (TPSA) is 17.1 Å². The summed E-state index contributed by atoms with van der Waals surface area (Å²) in [5.41, 5.74) is 0. The van der Waals surface area contributed by atoms with Crippen molar-refractivity contribution in [1.29, 1.82) is 0 Å². The summed E-state index contributed by atoms with van der Waals surface area (Å²) < 4.78 is 0. The molecule has 0 saturated heterocycles. The molecule has 0 saturated carbocycles. The third kappa shape index (κ3) is 3.78. The summed E-state index contributed by atoms with van der Waals surface area (Å²) in [4.78, 5) is 10.7. The first-order valence-electron chi connectivity index (χ1n) is 3.21. The lowest BCUT2D eigenvalue weighted by molar-refractivity contribution is -0.116. The van der Waals surface area contributed by atoms with E-state index in [1.54, 1.807) is 0 Å². The van der Waals surface area contributed by atoms with Gasteiger partial charge in [-0.15, -0.1) is 0 Å². The van der Waals surface area contributed by atoms with E-state index in [2.05, 4.69) is 11.8 Å². The first-order chi connectivity index (χ1) is 4.18. The van der Waals surface area contributed by atoms with Gasteiger partial charge in [-0.25, -0.2) is 0 Å². The number of hydrogen-bond donors (Lipinski definition) is 0. The standard InChI is InChI=1S/C8H12O/c1-4-5-6-8(9)7(2)3/h7H,4H2,1-3H3. The van der Waals surface area contributed by atoms with E-state index < -0.39 is 0 Å². The van der Waals surface area contributed by atoms with Crippen molar-refractivity contribution in [1.82, 2.24) is 0 Å². The molecule has 1 nitrogen and oxygen atoms in total. The van der Waals surface area contributed by atoms with E-state index >= 15 is 0 Å². The largest absolute Gasteiger partial charge is 0.285 e. The SMILES string of the molecule is CCC#CC(=O)C(C)C. The van der Waals surface area contributed by atoms with Crippen LogP contribution in [-0.2, 0) is 4.79 Å². The van der Waals surface area contributed by atoms with Crippen LogP contribution in [0.4, 0.5) is 0 Å². The second-order valence-electron chi connectivity index (χ2n) is 2.17. The van der Waals surface area contributed by atoms with Crippen LogP contribution < -0.4 is 0 Å². The Hall–Kier alpha value is -0.770. The fourth-order valence-corrected chi connectivity index (χ4v) is 0.320. The van der Waals surface area contributed by atoms with Gasteiger partial charge in [0.25, 0.3) is 0 Å². The van der Waals surface area contributed by atoms with Crippen LogP contribution in [0.25, 0.3) is 0 Å². The van der Waals surface area contributed by atoms with E-state index in [0.29, 0.717) is 0 Å². The van der Waals surface area contributed by atoms with Gasteiger partial charge in [0.05, 0.1) is 0 Å². The quantitative estimate of drug-likeness (QED) is 0.383. The molecule has 0 bridgehead atoms. The molecule has 0 aromatic heterocycles. The number of hydrogen-bond acceptors (Lipinski definition) is 1. The monoisotopic (exact) mass is 124 g/mol. The molecule has 0 aromatic rings. The predicted octanol–water partition coefficient (Wildman–Crippen LogP) is 1.62. The molecule has 1 heteroatoms. The maximum absolute atomic E-state index is 10.7. The third-order valence-electron chi connectivity index (χ3n) is 0.913. The van der Waals surface area contributed by atoms with Crippen molar-refractivity contribution in [2.45, 2.75) is 27.2 Å². The zero-order valence-electron chi connectivity index (χ0n) is 6.19. The Kier molecular flexibility index (Phi) is 3.79. The van der Waals surface area contributed by atoms with Crippen molar-refractivity contribution >= 4 is 5.78 Å². The van der Waals surface area contributed by atoms with Gasteiger partial charge in [-0.3, -0.25) is 4.79 Å². The number of carbonyl (C=O) groups is 1. The molecule has 0 rings (SSSR count). The second-order valence-corrected chi connectivity index (χ2v) is 2.17. The highest BCUT2D eigenvalue weighted by Crippen LogP contribution is 1.91. The van der Waals surface area contributed by atoms with E-state index in [1.807, 2.05) is 20.8 Å². The van der Waals surface area contributed by atoms with Gasteiger partial charge in [0.2, 0.25) is 5.78 Å². The molecule has 0 atom stereocenters. The van der Waals surface area contributed by atoms with Gasteiger partial charge in [0.1, 0.15) is 0 Å². The molecular weight excluding hydrogens is 112 g/mol. The number of carbonyl (C=O) groups excluding carboxylic acids is 1. The summed E-state index contributed by atoms with van der Waals surface area (Å²) in [5.74, 6) is 5.37. The minimum absolute atomic E-state index is 0.0388. The average Bonchev–Trinajstić information content (AvgIpc) is 1.82. The van der Waals surface area contributed by atoms with Crippen molar-refractivity contribution in [2.24, 2.45) is 5.92 Å². The zero-order chi connectivity index (χ0) is 7.28. The van der Waals surface area contributed by atoms with E-state index in [4.69, 9.17) is 0 Å². The number of ketones is 1. The lowest BCUT2D eigenvalue weighted by Gasteiger charge is -1.91. The Morgan fingerprint density at radius 3 is 2.44 bits per heavy atom. The number of Topliss-reactive ketones (excluding diaryl/α,β-unsaturated/α-hetero) is 1. The lowest BCUT2D eigenvalue weighted by Crippen LogP contribution is -2.02. The Morgan fingerprint density at radius 1 is 1.56 bits per heavy atom. The van der Waals surface area contributed by atoms with Gasteiger partial charge in [0, 0.05) is 12.3 Å². The highest BCUT2D eigenvalue weighted by Gasteiger charge is 2.00. The normalized spacial score (nSPS) is 8.44. The van der Waals surface area contributed by atoms with Crippen molar-refractivity contribution in [2.75, 3.05) is 0 Å². The molecule has 0 aliphatic heterocycles. The van der Waals surface area contributed by atoms with E-state index in [1.165, 1.54) is 0 Å². The molecule has 0 unspecified atom stereocenters. The van der Waals surface area contributed by atoms with Gasteiger partial charge >= 0.3 is 0 Å². The number of rotatable bonds is 1. The average molecular weight is 124 g/mol. The van der Waals surface area contributed by atoms with Crippen LogP contribution >= 0.6 is 0 Å². The third-order valence-corrected chi connectivity index (χ3v) is 0.913.